The van der Waals surface area contributed by atoms with Gasteiger partial charge >= 0.3 is 0 Å². The van der Waals surface area contributed by atoms with Crippen LogP contribution in [0.4, 0.5) is 0 Å². The van der Waals surface area contributed by atoms with Gasteiger partial charge < -0.3 is 0 Å². The predicted molar refractivity (Wildman–Crippen MR) is 29.8 cm³/mol. The molecule has 0 N–H and O–H groups in total. The fraction of sp³-hybridized carbons (Fsp3) is 0.600. The molecule has 1 nitrogen and oxygen atoms in total. The summed E-state index contributed by atoms with van der Waals surface area (Å²) in [6.07, 6.45) is 1.40. The van der Waals surface area contributed by atoms with E-state index in [-0.39, 0.29) is 0 Å². The first-order valence-corrected chi connectivity index (χ1v) is 2.48. The zero-order chi connectivity index (χ0) is 5.91. The highest BCUT2D eigenvalue weighted by molar-refractivity contribution is 6.25. The van der Waals surface area contributed by atoms with Gasteiger partial charge in [-0.15, -0.1) is 0 Å². The fourth-order valence-electron chi connectivity index (χ4n) is 0.152. The minimum atomic E-state index is -1.01. The Morgan fingerprint density at radius 1 is 1.57 bits per heavy atom. The molecule has 0 saturated carbocycles. The number of hydrogen-bond donors (Lipinski definition) is 0. The van der Waals surface area contributed by atoms with Crippen LogP contribution in [0.1, 0.15) is 13.8 Å². The second-order valence-corrected chi connectivity index (χ2v) is 2.15. The number of rotatable bonds is 1. The quantitative estimate of drug-likeness (QED) is 0.503. The molecule has 0 rings (SSSR count). The highest BCUT2D eigenvalue weighted by Gasteiger charge is 2.07. The third-order valence-corrected chi connectivity index (χ3v) is 0.590. The van der Waals surface area contributed by atoms with Gasteiger partial charge in [-0.3, -0.25) is 0 Å². The first-order valence-electron chi connectivity index (χ1n) is 2.04. The van der Waals surface area contributed by atoms with Crippen molar-refractivity contribution in [2.24, 2.45) is 0 Å². The first kappa shape index (κ1) is 6.99. The van der Waals surface area contributed by atoms with Crippen LogP contribution in [0.25, 0.3) is 0 Å². The molecular weight excluding hydrogens is 112 g/mol. The molecule has 7 heavy (non-hydrogen) atoms. The van der Waals surface area contributed by atoms with Crippen LogP contribution in [0, 0.1) is 0 Å². The summed E-state index contributed by atoms with van der Waals surface area (Å²) < 4.78 is 0. The summed E-state index contributed by atoms with van der Waals surface area (Å²) in [4.78, 5) is 0. The Hall–Kier alpha value is -0.0100. The highest BCUT2D eigenvalue weighted by atomic mass is 35.5. The molecule has 1 radical (unpaired) electrons. The van der Waals surface area contributed by atoms with E-state index in [2.05, 4.69) is 0 Å². The van der Waals surface area contributed by atoms with Gasteiger partial charge in [-0.1, -0.05) is 11.6 Å². The second kappa shape index (κ2) is 2.34. The van der Waals surface area contributed by atoms with Gasteiger partial charge in [-0.25, -0.2) is 5.11 Å². The van der Waals surface area contributed by atoms with Crippen molar-refractivity contribution >= 4 is 11.6 Å². The van der Waals surface area contributed by atoms with E-state index in [1.54, 1.807) is 13.8 Å². The van der Waals surface area contributed by atoms with Crippen LogP contribution < -0.4 is 0 Å². The van der Waals surface area contributed by atoms with Gasteiger partial charge in [-0.2, -0.15) is 0 Å². The number of halogens is 1. The topological polar surface area (TPSA) is 19.9 Å². The molecule has 0 amide bonds. The van der Waals surface area contributed by atoms with Gasteiger partial charge in [0.25, 0.3) is 0 Å². The van der Waals surface area contributed by atoms with Gasteiger partial charge in [0, 0.05) is 5.54 Å². The lowest BCUT2D eigenvalue weighted by atomic mass is 10.1. The summed E-state index contributed by atoms with van der Waals surface area (Å²) in [5.41, 5.74) is 0.231. The highest BCUT2D eigenvalue weighted by Crippen LogP contribution is 2.03. The maximum atomic E-state index is 10.5. The fourth-order valence-corrected chi connectivity index (χ4v) is 0.455. The lowest BCUT2D eigenvalue weighted by Crippen LogP contribution is -2.10. The van der Waals surface area contributed by atoms with Gasteiger partial charge in [0.2, 0.25) is 0 Å². The summed E-state index contributed by atoms with van der Waals surface area (Å²) in [7, 11) is 0. The Bertz CT molecular complexity index is 70.6. The normalized spacial score (nSPS) is 13.1. The molecule has 0 heterocycles. The first-order chi connectivity index (χ1) is 3.06. The summed E-state index contributed by atoms with van der Waals surface area (Å²) in [6.45, 7) is 3.10. The molecule has 2 heteroatoms. The average molecular weight is 120 g/mol. The molecule has 0 aliphatic rings. The van der Waals surface area contributed by atoms with Crippen molar-refractivity contribution in [3.63, 3.8) is 0 Å². The van der Waals surface area contributed by atoms with E-state index in [1.165, 1.54) is 11.6 Å². The molecule has 0 saturated heterocycles. The Kier molecular flexibility index (Phi) is 2.33. The van der Waals surface area contributed by atoms with Gasteiger partial charge in [0.1, 0.15) is 5.60 Å². The monoisotopic (exact) mass is 119 g/mol. The predicted octanol–water partition coefficient (Wildman–Crippen LogP) is 1.95. The van der Waals surface area contributed by atoms with Crippen LogP contribution in [0.2, 0.25) is 0 Å². The van der Waals surface area contributed by atoms with E-state index in [9.17, 15) is 5.11 Å². The Morgan fingerprint density at radius 2 is 2.00 bits per heavy atom. The Labute approximate surface area is 48.6 Å². The summed E-state index contributed by atoms with van der Waals surface area (Å²) in [5.74, 6) is 0. The van der Waals surface area contributed by atoms with E-state index >= 15 is 0 Å². The summed E-state index contributed by atoms with van der Waals surface area (Å²) >= 11 is 5.11. The van der Waals surface area contributed by atoms with Crippen molar-refractivity contribution in [1.82, 2.24) is 0 Å². The summed E-state index contributed by atoms with van der Waals surface area (Å²) in [6, 6.07) is 0. The van der Waals surface area contributed by atoms with Gasteiger partial charge in [-0.05, 0) is 19.9 Å². The molecule has 0 unspecified atom stereocenters. The van der Waals surface area contributed by atoms with Crippen molar-refractivity contribution in [3.8, 4) is 0 Å². The van der Waals surface area contributed by atoms with Crippen LogP contribution in [-0.2, 0) is 5.11 Å². The van der Waals surface area contributed by atoms with Crippen LogP contribution >= 0.6 is 11.6 Å². The molecule has 0 atom stereocenters. The van der Waals surface area contributed by atoms with E-state index in [0.717, 1.165) is 0 Å². The standard InChI is InChI=1S/C5H8ClO/c1-5(2,7)3-4-6/h3-4H,1-2H3. The zero-order valence-corrected chi connectivity index (χ0v) is 5.20. The van der Waals surface area contributed by atoms with Crippen LogP contribution in [0.5, 0.6) is 0 Å². The molecule has 0 bridgehead atoms. The Morgan fingerprint density at radius 3 is 2.00 bits per heavy atom. The van der Waals surface area contributed by atoms with Crippen LogP contribution in [0.15, 0.2) is 11.6 Å². The minimum Gasteiger partial charge on any atom is -0.226 e. The Balaban J connectivity index is 3.56. The largest absolute Gasteiger partial charge is 0.226 e. The van der Waals surface area contributed by atoms with Crippen LogP contribution in [0.3, 0.4) is 0 Å². The van der Waals surface area contributed by atoms with E-state index in [1.807, 2.05) is 0 Å². The third kappa shape index (κ3) is 5.99. The molecule has 0 aromatic rings. The molecule has 0 spiro atoms. The molecule has 41 valence electrons. The molecule has 0 aliphatic carbocycles. The van der Waals surface area contributed by atoms with Crippen LogP contribution in [-0.4, -0.2) is 5.60 Å². The maximum Gasteiger partial charge on any atom is 0.117 e. The van der Waals surface area contributed by atoms with Crippen molar-refractivity contribution in [1.29, 1.82) is 0 Å². The van der Waals surface area contributed by atoms with Crippen molar-refractivity contribution in [3.05, 3.63) is 11.6 Å². The SMILES string of the molecule is CC(C)([O])C=CCl. The lowest BCUT2D eigenvalue weighted by molar-refractivity contribution is 0.0492. The molecule has 0 aromatic carbocycles. The zero-order valence-electron chi connectivity index (χ0n) is 4.44. The van der Waals surface area contributed by atoms with E-state index < -0.39 is 5.60 Å². The maximum absolute atomic E-state index is 10.5. The molecular formula is C5H8ClO. The van der Waals surface area contributed by atoms with Gasteiger partial charge in [0.15, 0.2) is 0 Å². The average Bonchev–Trinajstić information content (AvgIpc) is 1.30. The summed E-state index contributed by atoms with van der Waals surface area (Å²) in [5, 5.41) is 10.5. The molecule has 0 aliphatic heterocycles. The van der Waals surface area contributed by atoms with Gasteiger partial charge in [0.05, 0.1) is 0 Å². The van der Waals surface area contributed by atoms with Crippen molar-refractivity contribution in [2.45, 2.75) is 19.4 Å². The molecule has 0 aromatic heterocycles. The lowest BCUT2D eigenvalue weighted by Gasteiger charge is -2.03. The molecule has 0 fully saturated rings. The van der Waals surface area contributed by atoms with Crippen molar-refractivity contribution in [2.75, 3.05) is 0 Å². The third-order valence-electron chi connectivity index (χ3n) is 0.464. The number of hydrogen-bond acceptors (Lipinski definition) is 0. The minimum absolute atomic E-state index is 1.01. The van der Waals surface area contributed by atoms with E-state index in [4.69, 9.17) is 11.6 Å². The van der Waals surface area contributed by atoms with E-state index in [0.29, 0.717) is 0 Å². The van der Waals surface area contributed by atoms with Crippen molar-refractivity contribution < 1.29 is 5.11 Å². The second-order valence-electron chi connectivity index (χ2n) is 1.90. The smallest absolute Gasteiger partial charge is 0.117 e.